The summed E-state index contributed by atoms with van der Waals surface area (Å²) >= 11 is 7.42. The Kier molecular flexibility index (Phi) is 8.61. The maximum absolute atomic E-state index is 12.0. The van der Waals surface area contributed by atoms with Crippen LogP contribution in [0.2, 0.25) is 0 Å². The molecule has 0 amide bonds. The van der Waals surface area contributed by atoms with E-state index in [2.05, 4.69) is 26.7 Å². The van der Waals surface area contributed by atoms with E-state index < -0.39 is 21.2 Å². The molecule has 0 saturated heterocycles. The van der Waals surface area contributed by atoms with E-state index in [4.69, 9.17) is 18.2 Å². The van der Waals surface area contributed by atoms with E-state index >= 15 is 0 Å². The molecular weight excluding hydrogens is 534 g/mol. The molecular formula is C25H30ClN5O4S2. The molecule has 0 saturated carbocycles. The summed E-state index contributed by atoms with van der Waals surface area (Å²) in [7, 11) is -3.56. The van der Waals surface area contributed by atoms with Crippen LogP contribution in [0.15, 0.2) is 36.5 Å². The predicted octanol–water partition coefficient (Wildman–Crippen LogP) is 4.67. The highest BCUT2D eigenvalue weighted by Crippen LogP contribution is 2.30. The first-order valence-electron chi connectivity index (χ1n) is 11.4. The average Bonchev–Trinajstić information content (AvgIpc) is 3.45. The van der Waals surface area contributed by atoms with Gasteiger partial charge in [-0.2, -0.15) is 11.8 Å². The lowest BCUT2D eigenvalue weighted by atomic mass is 10.1. The number of alkyl halides is 1. The number of aromatic nitrogens is 4. The molecule has 0 aliphatic carbocycles. The van der Waals surface area contributed by atoms with Crippen LogP contribution >= 0.6 is 23.4 Å². The summed E-state index contributed by atoms with van der Waals surface area (Å²) in [6.45, 7) is 14.1. The van der Waals surface area contributed by atoms with Gasteiger partial charge in [0.1, 0.15) is 17.4 Å². The van der Waals surface area contributed by atoms with E-state index in [-0.39, 0.29) is 11.6 Å². The van der Waals surface area contributed by atoms with Crippen molar-refractivity contribution < 1.29 is 18.6 Å². The summed E-state index contributed by atoms with van der Waals surface area (Å²) in [5.74, 6) is 1.87. The Morgan fingerprint density at radius 1 is 1.22 bits per heavy atom. The van der Waals surface area contributed by atoms with Gasteiger partial charge in [0.2, 0.25) is 10.0 Å². The summed E-state index contributed by atoms with van der Waals surface area (Å²) in [5.41, 5.74) is 1.23. The third-order valence-corrected chi connectivity index (χ3v) is 8.42. The molecule has 9 nitrogen and oxygen atoms in total. The van der Waals surface area contributed by atoms with Gasteiger partial charge in [0, 0.05) is 17.1 Å². The number of nitrogens with one attached hydrogen (secondary N) is 1. The van der Waals surface area contributed by atoms with Crippen LogP contribution in [0, 0.1) is 13.5 Å². The van der Waals surface area contributed by atoms with Gasteiger partial charge >= 0.3 is 0 Å². The van der Waals surface area contributed by atoms with Crippen LogP contribution in [-0.2, 0) is 21.2 Å². The van der Waals surface area contributed by atoms with E-state index in [0.717, 1.165) is 38.3 Å². The van der Waals surface area contributed by atoms with Gasteiger partial charge in [-0.15, -0.1) is 16.6 Å². The number of pyridine rings is 2. The number of halogens is 1. The number of fused-ring (bicyclic) bond motifs is 2. The van der Waals surface area contributed by atoms with Gasteiger partial charge in [-0.25, -0.2) is 12.4 Å². The highest BCUT2D eigenvalue weighted by atomic mass is 35.5. The Morgan fingerprint density at radius 2 is 1.92 bits per heavy atom. The minimum Gasteiger partial charge on any atom is -0.383 e. The second kappa shape index (κ2) is 11.0. The molecule has 3 N–H and O–H groups in total. The maximum Gasteiger partial charge on any atom is 0.270 e. The van der Waals surface area contributed by atoms with Crippen molar-refractivity contribution >= 4 is 61.1 Å². The summed E-state index contributed by atoms with van der Waals surface area (Å²) < 4.78 is 25.0. The molecule has 2 atom stereocenters. The molecule has 4 heterocycles. The first kappa shape index (κ1) is 28.9. The molecule has 0 radical (unpaired) electrons. The van der Waals surface area contributed by atoms with Gasteiger partial charge in [-0.1, -0.05) is 13.5 Å². The Bertz CT molecular complexity index is 1570. The second-order valence-electron chi connectivity index (χ2n) is 9.16. The lowest BCUT2D eigenvalue weighted by Crippen LogP contribution is -2.29. The van der Waals surface area contributed by atoms with Crippen LogP contribution in [0.5, 0.6) is 0 Å². The smallest absolute Gasteiger partial charge is 0.270 e. The van der Waals surface area contributed by atoms with E-state index in [1.807, 2.05) is 13.0 Å². The fraction of sp³-hybridized carbons (Fsp3) is 0.400. The number of thioether (sulfide) groups is 1. The summed E-state index contributed by atoms with van der Waals surface area (Å²) in [4.78, 5) is 14.8. The third-order valence-electron chi connectivity index (χ3n) is 5.67. The van der Waals surface area contributed by atoms with E-state index in [9.17, 15) is 18.6 Å². The van der Waals surface area contributed by atoms with E-state index in [1.165, 1.54) is 6.92 Å². The van der Waals surface area contributed by atoms with Gasteiger partial charge in [0.05, 0.1) is 34.4 Å². The molecule has 0 fully saturated rings. The second-order valence-corrected chi connectivity index (χ2v) is 12.5. The molecule has 37 heavy (non-hydrogen) atoms. The number of aryl methyl sites for hydroxylation is 1. The van der Waals surface area contributed by atoms with Crippen LogP contribution in [0.3, 0.4) is 0 Å². The van der Waals surface area contributed by atoms with Crippen LogP contribution in [0.1, 0.15) is 37.9 Å². The van der Waals surface area contributed by atoms with Gasteiger partial charge in [-0.05, 0) is 62.2 Å². The van der Waals surface area contributed by atoms with Crippen molar-refractivity contribution in [2.45, 2.75) is 38.9 Å². The quantitative estimate of drug-likeness (QED) is 0.220. The van der Waals surface area contributed by atoms with Crippen molar-refractivity contribution in [3.63, 3.8) is 0 Å². The third kappa shape index (κ3) is 6.45. The van der Waals surface area contributed by atoms with Crippen molar-refractivity contribution in [1.82, 2.24) is 18.9 Å². The van der Waals surface area contributed by atoms with Gasteiger partial charge in [0.15, 0.2) is 0 Å². The first-order chi connectivity index (χ1) is 17.2. The molecule has 4 aromatic heterocycles. The summed E-state index contributed by atoms with van der Waals surface area (Å²) in [5, 5.41) is 21.6. The highest BCUT2D eigenvalue weighted by Gasteiger charge is 2.31. The van der Waals surface area contributed by atoms with Gasteiger partial charge in [0.25, 0.3) is 5.82 Å². The topological polar surface area (TPSA) is 125 Å². The largest absolute Gasteiger partial charge is 0.383 e. The number of aromatic amines is 1. The number of nitrogens with zero attached hydrogens (tertiary/aromatic N) is 4. The van der Waals surface area contributed by atoms with Crippen LogP contribution in [0.25, 0.3) is 26.8 Å². The van der Waals surface area contributed by atoms with Crippen LogP contribution in [0.4, 0.5) is 5.82 Å². The minimum atomic E-state index is -3.56. The highest BCUT2D eigenvalue weighted by molar-refractivity contribution is 7.99. The van der Waals surface area contributed by atoms with E-state index in [0.29, 0.717) is 22.6 Å². The molecule has 0 aliphatic heterocycles. The molecule has 4 rings (SSSR count). The maximum atomic E-state index is 12.0. The lowest BCUT2D eigenvalue weighted by molar-refractivity contribution is 0.0771. The predicted molar refractivity (Wildman–Crippen MR) is 150 cm³/mol. The van der Waals surface area contributed by atoms with Crippen molar-refractivity contribution in [2.75, 3.05) is 23.6 Å². The van der Waals surface area contributed by atoms with E-state index in [1.54, 1.807) is 49.1 Å². The average molecular weight is 564 g/mol. The normalized spacial score (nSPS) is 15.0. The Labute approximate surface area is 225 Å². The van der Waals surface area contributed by atoms with Gasteiger partial charge in [-0.3, -0.25) is 4.98 Å². The zero-order valence-corrected chi connectivity index (χ0v) is 23.7. The Balaban J connectivity index is 0.000000206. The minimum absolute atomic E-state index is 0.113. The molecule has 198 valence electrons. The lowest BCUT2D eigenvalue weighted by Gasteiger charge is -2.21. The van der Waals surface area contributed by atoms with Crippen molar-refractivity contribution in [3.8, 4) is 0 Å². The molecule has 0 aliphatic rings. The summed E-state index contributed by atoms with van der Waals surface area (Å²) in [6.07, 6.45) is 2.72. The van der Waals surface area contributed by atoms with Crippen molar-refractivity contribution in [3.05, 3.63) is 65.0 Å². The first-order valence-corrected chi connectivity index (χ1v) is 14.9. The van der Waals surface area contributed by atoms with Crippen molar-refractivity contribution in [2.24, 2.45) is 0 Å². The zero-order valence-electron chi connectivity index (χ0n) is 21.3. The number of hydrogen-bond donors (Lipinski definition) is 3. The number of rotatable bonds is 7. The Morgan fingerprint density at radius 3 is 2.51 bits per heavy atom. The Hall–Kier alpha value is -2.62. The van der Waals surface area contributed by atoms with Gasteiger partial charge < -0.3 is 20.0 Å². The van der Waals surface area contributed by atoms with Crippen LogP contribution in [-0.4, -0.2) is 61.2 Å². The summed E-state index contributed by atoms with van der Waals surface area (Å²) in [6, 6.07) is 8.58. The fourth-order valence-corrected chi connectivity index (χ4v) is 5.73. The number of hydrogen-bond acceptors (Lipinski definition) is 7. The zero-order chi connectivity index (χ0) is 27.6. The number of aliphatic hydroxyl groups is 2. The molecule has 4 aromatic rings. The SMILES string of the molecule is Cc1ccc2c(cc(C(C)(O)CCl)n2S(C)(=O)=O)n1.[C-]#[N+]c1cc2cc(C(C)(O)CSCC)[nH]c2cn1. The standard InChI is InChI=1S/C13H15N3OS.C12H15ClN2O3S/c1-4-18-8-13(2,17)11-5-9-6-12(14-3)15-7-10(9)16-11;1-8-4-5-10-9(14-8)6-11(12(2,16)7-13)15(10)19(3,17)18/h5-7,16-17H,4,8H2,1-2H3;4-6,16H,7H2,1-3H3. The monoisotopic (exact) mass is 563 g/mol. The molecule has 2 unspecified atom stereocenters. The molecule has 0 bridgehead atoms. The molecule has 0 aromatic carbocycles. The molecule has 0 spiro atoms. The van der Waals surface area contributed by atoms with Crippen LogP contribution < -0.4 is 0 Å². The molecule has 12 heteroatoms. The number of H-pyrrole nitrogens is 1. The van der Waals surface area contributed by atoms with Crippen molar-refractivity contribution in [1.29, 1.82) is 0 Å². The fourth-order valence-electron chi connectivity index (χ4n) is 3.71.